The summed E-state index contributed by atoms with van der Waals surface area (Å²) in [4.78, 5) is 36.3. The first-order valence-electron chi connectivity index (χ1n) is 9.76. The van der Waals surface area contributed by atoms with Crippen LogP contribution in [0.25, 0.3) is 0 Å². The fraction of sp³-hybridized carbons (Fsp3) is 0.125. The Hall–Kier alpha value is -4.20. The van der Waals surface area contributed by atoms with E-state index in [0.717, 1.165) is 0 Å². The molecule has 0 radical (unpaired) electrons. The number of nitrogens with one attached hydrogen (secondary N) is 2. The minimum Gasteiger partial charge on any atom is -0.481 e. The van der Waals surface area contributed by atoms with E-state index in [9.17, 15) is 18.8 Å². The maximum absolute atomic E-state index is 13.5. The van der Waals surface area contributed by atoms with Gasteiger partial charge in [-0.1, -0.05) is 42.5 Å². The third kappa shape index (κ3) is 6.15. The highest BCUT2D eigenvalue weighted by atomic mass is 19.1. The number of carbonyl (C=O) groups is 3. The SMILES string of the molecule is C[C@H](Oc1ccc(C(=O)c2ccccc2)cc1)C(=O)NNC(=O)COc1ccccc1F. The molecule has 0 bridgehead atoms. The Balaban J connectivity index is 1.45. The molecule has 0 spiro atoms. The summed E-state index contributed by atoms with van der Waals surface area (Å²) in [6, 6.07) is 20.9. The molecule has 0 saturated heterocycles. The van der Waals surface area contributed by atoms with Crippen molar-refractivity contribution in [1.29, 1.82) is 0 Å². The fourth-order valence-corrected chi connectivity index (χ4v) is 2.67. The van der Waals surface area contributed by atoms with E-state index >= 15 is 0 Å². The van der Waals surface area contributed by atoms with Crippen LogP contribution in [0, 0.1) is 5.82 Å². The largest absolute Gasteiger partial charge is 0.481 e. The van der Waals surface area contributed by atoms with Crippen LogP contribution in [-0.4, -0.2) is 30.3 Å². The molecule has 0 saturated carbocycles. The van der Waals surface area contributed by atoms with Crippen LogP contribution in [0.1, 0.15) is 22.8 Å². The van der Waals surface area contributed by atoms with Crippen molar-refractivity contribution >= 4 is 17.6 Å². The van der Waals surface area contributed by atoms with Crippen LogP contribution in [0.4, 0.5) is 4.39 Å². The van der Waals surface area contributed by atoms with E-state index in [-0.39, 0.29) is 11.5 Å². The van der Waals surface area contributed by atoms with Gasteiger partial charge in [0.1, 0.15) is 5.75 Å². The number of para-hydroxylation sites is 1. The molecule has 0 aliphatic carbocycles. The lowest BCUT2D eigenvalue weighted by molar-refractivity contribution is -0.133. The molecule has 32 heavy (non-hydrogen) atoms. The molecule has 0 aliphatic rings. The van der Waals surface area contributed by atoms with Gasteiger partial charge in [-0.25, -0.2) is 4.39 Å². The van der Waals surface area contributed by atoms with Crippen LogP contribution < -0.4 is 20.3 Å². The first kappa shape index (κ1) is 22.5. The van der Waals surface area contributed by atoms with Gasteiger partial charge in [-0.05, 0) is 43.3 Å². The van der Waals surface area contributed by atoms with E-state index in [0.29, 0.717) is 16.9 Å². The Morgan fingerprint density at radius 1 is 0.844 bits per heavy atom. The van der Waals surface area contributed by atoms with Gasteiger partial charge in [0.15, 0.2) is 30.1 Å². The number of carbonyl (C=O) groups excluding carboxylic acids is 3. The van der Waals surface area contributed by atoms with E-state index in [1.54, 1.807) is 54.6 Å². The Morgan fingerprint density at radius 2 is 1.47 bits per heavy atom. The third-order valence-corrected chi connectivity index (χ3v) is 4.36. The zero-order chi connectivity index (χ0) is 22.9. The molecule has 2 N–H and O–H groups in total. The molecule has 0 heterocycles. The highest BCUT2D eigenvalue weighted by molar-refractivity contribution is 6.09. The molecular weight excluding hydrogens is 415 g/mol. The van der Waals surface area contributed by atoms with Gasteiger partial charge in [0.2, 0.25) is 0 Å². The summed E-state index contributed by atoms with van der Waals surface area (Å²) in [5.41, 5.74) is 5.45. The quantitative estimate of drug-likeness (QED) is 0.418. The van der Waals surface area contributed by atoms with Crippen molar-refractivity contribution in [2.45, 2.75) is 13.0 Å². The monoisotopic (exact) mass is 436 g/mol. The standard InChI is InChI=1S/C24H21FN2O5/c1-16(24(30)27-26-22(28)15-31-21-10-6-5-9-20(21)25)32-19-13-11-18(12-14-19)23(29)17-7-3-2-4-8-17/h2-14,16H,15H2,1H3,(H,26,28)(H,27,30)/t16-/m0/s1. The van der Waals surface area contributed by atoms with Crippen LogP contribution >= 0.6 is 0 Å². The normalized spacial score (nSPS) is 11.2. The highest BCUT2D eigenvalue weighted by Gasteiger charge is 2.16. The fourth-order valence-electron chi connectivity index (χ4n) is 2.67. The summed E-state index contributed by atoms with van der Waals surface area (Å²) in [6.45, 7) is 1.02. The molecule has 3 rings (SSSR count). The second kappa shape index (κ2) is 10.7. The lowest BCUT2D eigenvalue weighted by Gasteiger charge is -2.15. The molecule has 3 aromatic rings. The molecular formula is C24H21FN2O5. The van der Waals surface area contributed by atoms with Crippen molar-refractivity contribution in [2.24, 2.45) is 0 Å². The molecule has 2 amide bonds. The zero-order valence-electron chi connectivity index (χ0n) is 17.2. The van der Waals surface area contributed by atoms with E-state index in [2.05, 4.69) is 10.9 Å². The number of ketones is 1. The minimum absolute atomic E-state index is 0.0696. The topological polar surface area (TPSA) is 93.7 Å². The molecule has 8 heteroatoms. The number of hydrazine groups is 1. The molecule has 0 aromatic heterocycles. The van der Waals surface area contributed by atoms with Gasteiger partial charge in [-0.3, -0.25) is 25.2 Å². The van der Waals surface area contributed by atoms with Crippen molar-refractivity contribution < 1.29 is 28.2 Å². The highest BCUT2D eigenvalue weighted by Crippen LogP contribution is 2.17. The lowest BCUT2D eigenvalue weighted by Crippen LogP contribution is -2.48. The van der Waals surface area contributed by atoms with Crippen LogP contribution in [0.5, 0.6) is 11.5 Å². The number of hydrogen-bond donors (Lipinski definition) is 2. The Morgan fingerprint density at radius 3 is 2.16 bits per heavy atom. The number of amides is 2. The van der Waals surface area contributed by atoms with Crippen LogP contribution in [0.2, 0.25) is 0 Å². The van der Waals surface area contributed by atoms with Gasteiger partial charge < -0.3 is 9.47 Å². The predicted molar refractivity (Wildman–Crippen MR) is 115 cm³/mol. The van der Waals surface area contributed by atoms with Crippen LogP contribution in [-0.2, 0) is 9.59 Å². The number of hydrogen-bond acceptors (Lipinski definition) is 5. The first-order valence-corrected chi connectivity index (χ1v) is 9.76. The van der Waals surface area contributed by atoms with E-state index in [1.807, 2.05) is 6.07 Å². The van der Waals surface area contributed by atoms with Crippen molar-refractivity contribution in [3.63, 3.8) is 0 Å². The van der Waals surface area contributed by atoms with Crippen molar-refractivity contribution in [3.05, 3.63) is 95.8 Å². The molecule has 164 valence electrons. The first-order chi connectivity index (χ1) is 15.4. The van der Waals surface area contributed by atoms with Crippen molar-refractivity contribution in [2.75, 3.05) is 6.61 Å². The summed E-state index contributed by atoms with van der Waals surface area (Å²) < 4.78 is 24.1. The average Bonchev–Trinajstić information content (AvgIpc) is 2.82. The Labute approximate surface area is 184 Å². The summed E-state index contributed by atoms with van der Waals surface area (Å²) in [5.74, 6) is -1.68. The van der Waals surface area contributed by atoms with Crippen molar-refractivity contribution in [1.82, 2.24) is 10.9 Å². The van der Waals surface area contributed by atoms with Gasteiger partial charge in [0.05, 0.1) is 0 Å². The summed E-state index contributed by atoms with van der Waals surface area (Å²) in [6.07, 6.45) is -0.932. The molecule has 7 nitrogen and oxygen atoms in total. The number of rotatable bonds is 8. The smallest absolute Gasteiger partial charge is 0.279 e. The Bertz CT molecular complexity index is 1090. The van der Waals surface area contributed by atoms with Gasteiger partial charge >= 0.3 is 0 Å². The molecule has 0 aliphatic heterocycles. The van der Waals surface area contributed by atoms with Gasteiger partial charge in [0.25, 0.3) is 11.8 Å². The van der Waals surface area contributed by atoms with Crippen LogP contribution in [0.15, 0.2) is 78.9 Å². The molecule has 3 aromatic carbocycles. The number of ether oxygens (including phenoxy) is 2. The molecule has 1 atom stereocenters. The van der Waals surface area contributed by atoms with E-state index in [1.165, 1.54) is 25.1 Å². The summed E-state index contributed by atoms with van der Waals surface area (Å²) in [7, 11) is 0. The number of benzene rings is 3. The van der Waals surface area contributed by atoms with Crippen molar-refractivity contribution in [3.8, 4) is 11.5 Å². The molecule has 0 fully saturated rings. The maximum Gasteiger partial charge on any atom is 0.279 e. The summed E-state index contributed by atoms with van der Waals surface area (Å²) >= 11 is 0. The number of halogens is 1. The Kier molecular flexibility index (Phi) is 7.53. The van der Waals surface area contributed by atoms with Gasteiger partial charge in [0, 0.05) is 11.1 Å². The van der Waals surface area contributed by atoms with E-state index in [4.69, 9.17) is 9.47 Å². The van der Waals surface area contributed by atoms with Gasteiger partial charge in [-0.2, -0.15) is 0 Å². The zero-order valence-corrected chi connectivity index (χ0v) is 17.2. The predicted octanol–water partition coefficient (Wildman–Crippen LogP) is 3.05. The average molecular weight is 436 g/mol. The lowest BCUT2D eigenvalue weighted by atomic mass is 10.0. The summed E-state index contributed by atoms with van der Waals surface area (Å²) in [5, 5.41) is 0. The second-order valence-electron chi connectivity index (χ2n) is 6.74. The minimum atomic E-state index is -0.932. The van der Waals surface area contributed by atoms with E-state index < -0.39 is 30.3 Å². The second-order valence-corrected chi connectivity index (χ2v) is 6.74. The maximum atomic E-state index is 13.5. The van der Waals surface area contributed by atoms with Gasteiger partial charge in [-0.15, -0.1) is 0 Å². The molecule has 0 unspecified atom stereocenters. The van der Waals surface area contributed by atoms with Crippen LogP contribution in [0.3, 0.4) is 0 Å². The third-order valence-electron chi connectivity index (χ3n) is 4.36.